The zero-order valence-electron chi connectivity index (χ0n) is 30.5. The number of allylic oxidation sites excluding steroid dienone is 3. The predicted molar refractivity (Wildman–Crippen MR) is 198 cm³/mol. The average molecular weight is 638 g/mol. The van der Waals surface area contributed by atoms with Crippen molar-refractivity contribution in [2.45, 2.75) is 164 Å². The number of aromatic nitrogens is 1. The summed E-state index contributed by atoms with van der Waals surface area (Å²) in [5, 5.41) is 0.923. The van der Waals surface area contributed by atoms with Crippen LogP contribution >= 0.6 is 0 Å². The first-order chi connectivity index (χ1) is 22.4. The predicted octanol–water partition coefficient (Wildman–Crippen LogP) is 12.1. The Morgan fingerprint density at radius 1 is 0.674 bits per heavy atom. The van der Waals surface area contributed by atoms with Crippen LogP contribution in [0.4, 0.5) is 0 Å². The van der Waals surface area contributed by atoms with E-state index in [0.29, 0.717) is 37.9 Å². The van der Waals surface area contributed by atoms with Crippen LogP contribution in [0.15, 0.2) is 46.3 Å². The second-order valence-corrected chi connectivity index (χ2v) is 13.3. The van der Waals surface area contributed by atoms with Gasteiger partial charge in [-0.15, -0.1) is 0 Å². The molecule has 0 saturated carbocycles. The SMILES string of the molecule is CCCCCCCCOc1ccc2c(OCCCCCC)c(OC/C=C(\C)CCC=C(C)C)c(=O)n(CCCCCCCC)c2c1. The highest BCUT2D eigenvalue weighted by molar-refractivity contribution is 5.89. The molecule has 2 aromatic rings. The number of aryl methyl sites for hydroxylation is 1. The van der Waals surface area contributed by atoms with E-state index in [1.165, 1.54) is 81.8 Å². The Bertz CT molecular complexity index is 1220. The molecule has 0 atom stereocenters. The molecule has 0 saturated heterocycles. The fourth-order valence-electron chi connectivity index (χ4n) is 5.74. The molecule has 1 heterocycles. The molecule has 0 N–H and O–H groups in total. The molecule has 0 spiro atoms. The molecule has 0 bridgehead atoms. The first kappa shape index (κ1) is 39.5. The highest BCUT2D eigenvalue weighted by atomic mass is 16.5. The number of nitrogens with zero attached hydrogens (tertiary/aromatic N) is 1. The molecule has 0 aliphatic heterocycles. The van der Waals surface area contributed by atoms with E-state index in [4.69, 9.17) is 14.2 Å². The molecular weight excluding hydrogens is 570 g/mol. The maximum Gasteiger partial charge on any atom is 0.297 e. The lowest BCUT2D eigenvalue weighted by Gasteiger charge is -2.19. The lowest BCUT2D eigenvalue weighted by atomic mass is 10.1. The van der Waals surface area contributed by atoms with Crippen LogP contribution in [0.3, 0.4) is 0 Å². The van der Waals surface area contributed by atoms with E-state index < -0.39 is 0 Å². The summed E-state index contributed by atoms with van der Waals surface area (Å²) in [6.07, 6.45) is 25.2. The van der Waals surface area contributed by atoms with Crippen LogP contribution in [0.2, 0.25) is 0 Å². The number of rotatable bonds is 27. The van der Waals surface area contributed by atoms with Crippen molar-refractivity contribution in [3.05, 3.63) is 51.9 Å². The van der Waals surface area contributed by atoms with Crippen LogP contribution in [0.5, 0.6) is 17.2 Å². The van der Waals surface area contributed by atoms with Gasteiger partial charge in [0.1, 0.15) is 12.4 Å². The summed E-state index contributed by atoms with van der Waals surface area (Å²) in [4.78, 5) is 14.2. The van der Waals surface area contributed by atoms with E-state index in [1.54, 1.807) is 0 Å². The van der Waals surface area contributed by atoms with Gasteiger partial charge in [0, 0.05) is 18.0 Å². The number of benzene rings is 1. The Labute approximate surface area is 281 Å². The molecule has 0 amide bonds. The van der Waals surface area contributed by atoms with Crippen LogP contribution in [0.1, 0.15) is 157 Å². The van der Waals surface area contributed by atoms with Gasteiger partial charge in [-0.2, -0.15) is 0 Å². The summed E-state index contributed by atoms with van der Waals surface area (Å²) in [6, 6.07) is 6.14. The fraction of sp³-hybridized carbons (Fsp3) is 0.683. The molecule has 5 heteroatoms. The molecule has 1 aromatic carbocycles. The van der Waals surface area contributed by atoms with E-state index in [9.17, 15) is 4.79 Å². The average Bonchev–Trinajstić information content (AvgIpc) is 3.04. The number of fused-ring (bicyclic) bond motifs is 1. The molecular formula is C41H67NO4. The van der Waals surface area contributed by atoms with Crippen LogP contribution in [0.25, 0.3) is 10.9 Å². The zero-order chi connectivity index (χ0) is 33.4. The van der Waals surface area contributed by atoms with Crippen molar-refractivity contribution in [3.63, 3.8) is 0 Å². The van der Waals surface area contributed by atoms with Gasteiger partial charge in [0.25, 0.3) is 5.56 Å². The van der Waals surface area contributed by atoms with Crippen LogP contribution < -0.4 is 19.8 Å². The number of ether oxygens (including phenoxy) is 3. The highest BCUT2D eigenvalue weighted by Gasteiger charge is 2.20. The van der Waals surface area contributed by atoms with Crippen molar-refractivity contribution in [3.8, 4) is 17.2 Å². The van der Waals surface area contributed by atoms with Crippen molar-refractivity contribution in [2.24, 2.45) is 0 Å². The zero-order valence-corrected chi connectivity index (χ0v) is 30.5. The van der Waals surface area contributed by atoms with Gasteiger partial charge >= 0.3 is 0 Å². The second kappa shape index (κ2) is 24.5. The summed E-state index contributed by atoms with van der Waals surface area (Å²) >= 11 is 0. The molecule has 46 heavy (non-hydrogen) atoms. The molecule has 0 radical (unpaired) electrons. The number of hydrogen-bond donors (Lipinski definition) is 0. The minimum Gasteiger partial charge on any atom is -0.494 e. The Kier molecular flexibility index (Phi) is 21.0. The van der Waals surface area contributed by atoms with Crippen molar-refractivity contribution in [2.75, 3.05) is 19.8 Å². The summed E-state index contributed by atoms with van der Waals surface area (Å²) in [7, 11) is 0. The van der Waals surface area contributed by atoms with Gasteiger partial charge in [0.05, 0.1) is 18.7 Å². The highest BCUT2D eigenvalue weighted by Crippen LogP contribution is 2.35. The molecule has 0 unspecified atom stereocenters. The molecule has 0 fully saturated rings. The Morgan fingerprint density at radius 2 is 1.26 bits per heavy atom. The van der Waals surface area contributed by atoms with Gasteiger partial charge in [-0.1, -0.05) is 121 Å². The molecule has 5 nitrogen and oxygen atoms in total. The number of unbranched alkanes of at least 4 members (excludes halogenated alkanes) is 13. The fourth-order valence-corrected chi connectivity index (χ4v) is 5.74. The van der Waals surface area contributed by atoms with Crippen molar-refractivity contribution >= 4 is 10.9 Å². The summed E-state index contributed by atoms with van der Waals surface area (Å²) in [6.45, 7) is 15.4. The van der Waals surface area contributed by atoms with Crippen molar-refractivity contribution in [1.82, 2.24) is 4.57 Å². The smallest absolute Gasteiger partial charge is 0.297 e. The van der Waals surface area contributed by atoms with Gasteiger partial charge < -0.3 is 18.8 Å². The van der Waals surface area contributed by atoms with Gasteiger partial charge in [0.2, 0.25) is 5.75 Å². The van der Waals surface area contributed by atoms with E-state index in [-0.39, 0.29) is 5.56 Å². The number of pyridine rings is 1. The maximum absolute atomic E-state index is 14.2. The van der Waals surface area contributed by atoms with Crippen LogP contribution in [0, 0.1) is 0 Å². The summed E-state index contributed by atoms with van der Waals surface area (Å²) < 4.78 is 20.9. The Morgan fingerprint density at radius 3 is 1.91 bits per heavy atom. The molecule has 1 aromatic heterocycles. The summed E-state index contributed by atoms with van der Waals surface area (Å²) in [5.41, 5.74) is 3.37. The van der Waals surface area contributed by atoms with E-state index in [1.807, 2.05) is 16.7 Å². The van der Waals surface area contributed by atoms with E-state index in [0.717, 1.165) is 61.6 Å². The maximum atomic E-state index is 14.2. The molecule has 0 aliphatic carbocycles. The lowest BCUT2D eigenvalue weighted by molar-refractivity contribution is 0.275. The molecule has 0 aliphatic rings. The van der Waals surface area contributed by atoms with Crippen LogP contribution in [-0.4, -0.2) is 24.4 Å². The van der Waals surface area contributed by atoms with Crippen molar-refractivity contribution in [1.29, 1.82) is 0 Å². The third kappa shape index (κ3) is 15.3. The minimum atomic E-state index is -0.103. The van der Waals surface area contributed by atoms with Gasteiger partial charge in [-0.3, -0.25) is 4.79 Å². The minimum absolute atomic E-state index is 0.103. The standard InChI is InChI=1S/C41H67NO4/c1-7-10-13-16-18-20-29-42-38-33-36(44-30-22-19-17-14-11-8-2)26-27-37(38)39(45-31-21-15-12-9-3)40(41(42)43)46-32-28-35(6)25-23-24-34(4)5/h24,26-28,33H,7-23,25,29-32H2,1-6H3/b35-28+. The van der Waals surface area contributed by atoms with E-state index >= 15 is 0 Å². The van der Waals surface area contributed by atoms with Gasteiger partial charge in [0.15, 0.2) is 5.75 Å². The first-order valence-corrected chi connectivity index (χ1v) is 18.8. The summed E-state index contributed by atoms with van der Waals surface area (Å²) in [5.74, 6) is 1.73. The van der Waals surface area contributed by atoms with Gasteiger partial charge in [-0.05, 0) is 71.1 Å². The van der Waals surface area contributed by atoms with Crippen molar-refractivity contribution < 1.29 is 14.2 Å². The Hall–Kier alpha value is -2.69. The first-order valence-electron chi connectivity index (χ1n) is 18.8. The topological polar surface area (TPSA) is 49.7 Å². The quantitative estimate of drug-likeness (QED) is 0.0722. The molecule has 2 rings (SSSR count). The second-order valence-electron chi connectivity index (χ2n) is 13.3. The number of hydrogen-bond acceptors (Lipinski definition) is 4. The third-order valence-corrected chi connectivity index (χ3v) is 8.65. The normalized spacial score (nSPS) is 11.7. The molecule has 260 valence electrons. The third-order valence-electron chi connectivity index (χ3n) is 8.65. The van der Waals surface area contributed by atoms with Crippen LogP contribution in [-0.2, 0) is 6.54 Å². The van der Waals surface area contributed by atoms with E-state index in [2.05, 4.69) is 59.8 Å². The largest absolute Gasteiger partial charge is 0.494 e. The Balaban J connectivity index is 2.38. The lowest BCUT2D eigenvalue weighted by Crippen LogP contribution is -2.24. The van der Waals surface area contributed by atoms with Gasteiger partial charge in [-0.25, -0.2) is 0 Å². The monoisotopic (exact) mass is 638 g/mol.